The van der Waals surface area contributed by atoms with Gasteiger partial charge >= 0.3 is 0 Å². The smallest absolute Gasteiger partial charge is 0.282 e. The number of anilines is 1. The molecule has 0 unspecified atom stereocenters. The summed E-state index contributed by atoms with van der Waals surface area (Å²) in [7, 11) is 0. The van der Waals surface area contributed by atoms with Crippen molar-refractivity contribution in [1.82, 2.24) is 0 Å². The summed E-state index contributed by atoms with van der Waals surface area (Å²) in [5.41, 5.74) is 3.25. The number of para-hydroxylation sites is 1. The number of nitrogens with two attached hydrogens (primary N) is 1. The number of rotatable bonds is 2. The highest BCUT2D eigenvalue weighted by Gasteiger charge is 2.24. The van der Waals surface area contributed by atoms with Crippen LogP contribution in [-0.2, 0) is 4.79 Å². The fourth-order valence-corrected chi connectivity index (χ4v) is 2.41. The molecular formula is C14H21N2O+. The second-order valence-electron chi connectivity index (χ2n) is 4.88. The number of piperidine rings is 1. The highest BCUT2D eigenvalue weighted by atomic mass is 16.2. The number of amides is 1. The Balaban J connectivity index is 2.07. The average Bonchev–Trinajstić information content (AvgIpc) is 2.35. The van der Waals surface area contributed by atoms with Gasteiger partial charge in [-0.1, -0.05) is 18.2 Å². The molecule has 1 saturated heterocycles. The molecule has 92 valence electrons. The first-order valence-corrected chi connectivity index (χ1v) is 6.39. The summed E-state index contributed by atoms with van der Waals surface area (Å²) in [5.74, 6) is 0.155. The Hall–Kier alpha value is -1.35. The lowest BCUT2D eigenvalue weighted by Crippen LogP contribution is -2.93. The van der Waals surface area contributed by atoms with Crippen LogP contribution in [0.15, 0.2) is 18.2 Å². The second-order valence-corrected chi connectivity index (χ2v) is 4.88. The van der Waals surface area contributed by atoms with Crippen molar-refractivity contribution in [3.05, 3.63) is 29.3 Å². The van der Waals surface area contributed by atoms with Crippen LogP contribution in [0.3, 0.4) is 0 Å². The van der Waals surface area contributed by atoms with Gasteiger partial charge in [0.15, 0.2) is 6.04 Å². The highest BCUT2D eigenvalue weighted by molar-refractivity contribution is 5.95. The standard InChI is InChI=1S/C14H20N2O/c1-10-6-5-7-11(2)13(10)16-14(17)12-8-3-4-9-15-12/h5-7,12,15H,3-4,8-9H2,1-2H3,(H,16,17)/p+1/t12-/m1/s1. The van der Waals surface area contributed by atoms with Crippen LogP contribution < -0.4 is 10.6 Å². The molecule has 1 fully saturated rings. The fourth-order valence-electron chi connectivity index (χ4n) is 2.41. The summed E-state index contributed by atoms with van der Waals surface area (Å²) in [5, 5.41) is 5.24. The first-order chi connectivity index (χ1) is 8.18. The van der Waals surface area contributed by atoms with Crippen LogP contribution in [0.25, 0.3) is 0 Å². The Morgan fingerprint density at radius 2 is 2.00 bits per heavy atom. The van der Waals surface area contributed by atoms with Crippen molar-refractivity contribution in [3.8, 4) is 0 Å². The zero-order valence-corrected chi connectivity index (χ0v) is 10.6. The molecule has 1 aromatic carbocycles. The Morgan fingerprint density at radius 3 is 2.59 bits per heavy atom. The van der Waals surface area contributed by atoms with Gasteiger partial charge in [0.05, 0.1) is 6.54 Å². The second kappa shape index (κ2) is 5.32. The topological polar surface area (TPSA) is 45.7 Å². The minimum absolute atomic E-state index is 0.0998. The maximum atomic E-state index is 12.1. The van der Waals surface area contributed by atoms with E-state index in [1.54, 1.807) is 0 Å². The molecule has 1 aliphatic rings. The van der Waals surface area contributed by atoms with Crippen LogP contribution in [0.2, 0.25) is 0 Å². The van der Waals surface area contributed by atoms with E-state index < -0.39 is 0 Å². The molecule has 0 saturated carbocycles. The van der Waals surface area contributed by atoms with E-state index >= 15 is 0 Å². The lowest BCUT2D eigenvalue weighted by molar-refractivity contribution is -0.684. The summed E-state index contributed by atoms with van der Waals surface area (Å²) in [6.07, 6.45) is 3.39. The van der Waals surface area contributed by atoms with Crippen molar-refractivity contribution in [1.29, 1.82) is 0 Å². The molecule has 0 radical (unpaired) electrons. The van der Waals surface area contributed by atoms with Crippen LogP contribution in [0.4, 0.5) is 5.69 Å². The summed E-state index contributed by atoms with van der Waals surface area (Å²) in [4.78, 5) is 12.1. The molecule has 0 spiro atoms. The van der Waals surface area contributed by atoms with Crippen LogP contribution >= 0.6 is 0 Å². The summed E-state index contributed by atoms with van der Waals surface area (Å²) in [6, 6.07) is 6.19. The molecule has 1 amide bonds. The van der Waals surface area contributed by atoms with Gasteiger partial charge in [0.1, 0.15) is 0 Å². The molecule has 3 N–H and O–H groups in total. The number of benzene rings is 1. The van der Waals surface area contributed by atoms with Crippen LogP contribution in [0.5, 0.6) is 0 Å². The van der Waals surface area contributed by atoms with Crippen LogP contribution in [0, 0.1) is 13.8 Å². The van der Waals surface area contributed by atoms with Gasteiger partial charge < -0.3 is 10.6 Å². The van der Waals surface area contributed by atoms with Gasteiger partial charge in [0, 0.05) is 12.1 Å². The molecule has 3 heteroatoms. The molecule has 0 aliphatic carbocycles. The third-order valence-electron chi connectivity index (χ3n) is 3.49. The summed E-state index contributed by atoms with van der Waals surface area (Å²) in [6.45, 7) is 5.14. The molecule has 1 atom stereocenters. The molecular weight excluding hydrogens is 212 g/mol. The predicted octanol–water partition coefficient (Wildman–Crippen LogP) is 1.36. The van der Waals surface area contributed by atoms with Crippen molar-refractivity contribution in [2.24, 2.45) is 0 Å². The van der Waals surface area contributed by atoms with Gasteiger partial charge in [-0.05, 0) is 37.8 Å². The van der Waals surface area contributed by atoms with Gasteiger partial charge in [0.25, 0.3) is 5.91 Å². The van der Waals surface area contributed by atoms with Gasteiger partial charge in [-0.3, -0.25) is 4.79 Å². The third-order valence-corrected chi connectivity index (χ3v) is 3.49. The lowest BCUT2D eigenvalue weighted by atomic mass is 10.0. The molecule has 1 heterocycles. The third kappa shape index (κ3) is 2.86. The normalized spacial score (nSPS) is 20.0. The number of nitrogens with one attached hydrogen (secondary N) is 1. The van der Waals surface area contributed by atoms with Gasteiger partial charge in [-0.2, -0.15) is 0 Å². The predicted molar refractivity (Wildman–Crippen MR) is 69.0 cm³/mol. The molecule has 17 heavy (non-hydrogen) atoms. The first kappa shape index (κ1) is 12.1. The zero-order chi connectivity index (χ0) is 12.3. The molecule has 1 aliphatic heterocycles. The van der Waals surface area contributed by atoms with E-state index in [0.29, 0.717) is 0 Å². The van der Waals surface area contributed by atoms with Gasteiger partial charge in [0.2, 0.25) is 0 Å². The first-order valence-electron chi connectivity index (χ1n) is 6.39. The van der Waals surface area contributed by atoms with E-state index in [9.17, 15) is 4.79 Å². The van der Waals surface area contributed by atoms with Gasteiger partial charge in [-0.15, -0.1) is 0 Å². The fraction of sp³-hybridized carbons (Fsp3) is 0.500. The number of quaternary nitrogens is 1. The minimum atomic E-state index is 0.0998. The van der Waals surface area contributed by atoms with Crippen LogP contribution in [-0.4, -0.2) is 18.5 Å². The minimum Gasteiger partial charge on any atom is -0.336 e. The SMILES string of the molecule is Cc1cccc(C)c1NC(=O)[C@H]1CCCC[NH2+]1. The highest BCUT2D eigenvalue weighted by Crippen LogP contribution is 2.19. The van der Waals surface area contributed by atoms with Crippen molar-refractivity contribution in [3.63, 3.8) is 0 Å². The van der Waals surface area contributed by atoms with E-state index in [4.69, 9.17) is 0 Å². The van der Waals surface area contributed by atoms with E-state index in [0.717, 1.165) is 29.8 Å². The Bertz CT molecular complexity index is 388. The van der Waals surface area contributed by atoms with Crippen molar-refractivity contribution in [2.45, 2.75) is 39.2 Å². The number of carbonyl (C=O) groups is 1. The largest absolute Gasteiger partial charge is 0.336 e. The van der Waals surface area contributed by atoms with Crippen molar-refractivity contribution < 1.29 is 10.1 Å². The number of hydrogen-bond acceptors (Lipinski definition) is 1. The molecule has 1 aromatic rings. The Labute approximate surface area is 103 Å². The van der Waals surface area contributed by atoms with Crippen molar-refractivity contribution in [2.75, 3.05) is 11.9 Å². The number of carbonyl (C=O) groups excluding carboxylic acids is 1. The van der Waals surface area contributed by atoms with E-state index in [1.165, 1.54) is 12.8 Å². The van der Waals surface area contributed by atoms with E-state index in [2.05, 4.69) is 10.6 Å². The number of aryl methyl sites for hydroxylation is 2. The monoisotopic (exact) mass is 233 g/mol. The van der Waals surface area contributed by atoms with E-state index in [1.807, 2.05) is 32.0 Å². The quantitative estimate of drug-likeness (QED) is 0.796. The average molecular weight is 233 g/mol. The summed E-state index contributed by atoms with van der Waals surface area (Å²) < 4.78 is 0. The molecule has 0 aromatic heterocycles. The molecule has 3 nitrogen and oxygen atoms in total. The van der Waals surface area contributed by atoms with Crippen LogP contribution in [0.1, 0.15) is 30.4 Å². The van der Waals surface area contributed by atoms with E-state index in [-0.39, 0.29) is 11.9 Å². The maximum Gasteiger partial charge on any atom is 0.282 e. The molecule has 0 bridgehead atoms. The Morgan fingerprint density at radius 1 is 1.29 bits per heavy atom. The lowest BCUT2D eigenvalue weighted by Gasteiger charge is -2.20. The zero-order valence-electron chi connectivity index (χ0n) is 10.6. The van der Waals surface area contributed by atoms with Crippen molar-refractivity contribution >= 4 is 11.6 Å². The van der Waals surface area contributed by atoms with Gasteiger partial charge in [-0.25, -0.2) is 0 Å². The number of hydrogen-bond donors (Lipinski definition) is 2. The summed E-state index contributed by atoms with van der Waals surface area (Å²) >= 11 is 0. The maximum absolute atomic E-state index is 12.1. The Kier molecular flexibility index (Phi) is 3.79. The molecule has 2 rings (SSSR count).